The molecule has 5 fully saturated rings. The summed E-state index contributed by atoms with van der Waals surface area (Å²) >= 11 is 0. The summed E-state index contributed by atoms with van der Waals surface area (Å²) in [4.78, 5) is 117. The average Bonchev–Trinajstić information content (AvgIpc) is 3.23. The molecular weight excluding hydrogens is 953 g/mol. The molecule has 0 aromatic heterocycles. The van der Waals surface area contributed by atoms with E-state index in [0.717, 1.165) is 52.2 Å². The number of ether oxygens (including phenoxy) is 10. The average molecular weight is 1030 g/mol. The molecule has 0 aromatic rings. The zero-order chi connectivity index (χ0) is 54.6. The van der Waals surface area contributed by atoms with E-state index in [1.807, 2.05) is 13.8 Å². The first-order chi connectivity index (χ1) is 33.7. The van der Waals surface area contributed by atoms with Gasteiger partial charge in [0.05, 0.1) is 11.5 Å². The fraction of sp³-hybridized carbons (Fsp3) is 0.759. The van der Waals surface area contributed by atoms with Crippen molar-refractivity contribution in [2.24, 2.45) is 50.2 Å². The zero-order valence-corrected chi connectivity index (χ0v) is 45.1. The molecule has 0 radical (unpaired) electrons. The Morgan fingerprint density at radius 1 is 0.603 bits per heavy atom. The molecule has 1 saturated heterocycles. The lowest BCUT2D eigenvalue weighted by molar-refractivity contribution is -0.305. The van der Waals surface area contributed by atoms with E-state index in [0.29, 0.717) is 25.7 Å². The van der Waals surface area contributed by atoms with Gasteiger partial charge in [-0.3, -0.25) is 38.4 Å². The first-order valence-electron chi connectivity index (χ1n) is 25.4. The lowest BCUT2D eigenvalue weighted by Crippen LogP contribution is -2.69. The molecule has 4 saturated carbocycles. The smallest absolute Gasteiger partial charge is 0.334 e. The maximum absolute atomic E-state index is 15.8. The van der Waals surface area contributed by atoms with Gasteiger partial charge in [-0.1, -0.05) is 60.1 Å². The minimum absolute atomic E-state index is 0.00423. The standard InChI is InChI=1S/C54H76O19/c1-27(65-29(3)56)24-40(62)72-46-41-35-16-17-39-51(13)25-36(66-30(4)57)45(70-34(8)61)50(11,12)38(51)18-19-53(39,15)52(35,14)21-23-54(41,22-20-49(46,9)10)48(63)73-47-44(69-33(7)60)43(68-32(6)59)42(67-31(5)58)37(71-47)26-64-28(2)55/h16,24,36-39,41-47H,17-23,25-26H2,1-15H3/b27-24-/t36-,37+,38+,39-,41+,42+,43-,44+,45+,46-,47-,51-,52+,53+,54-/m0/s1. The number of esters is 9. The van der Waals surface area contributed by atoms with Gasteiger partial charge in [-0.25, -0.2) is 4.79 Å². The molecule has 406 valence electrons. The first-order valence-corrected chi connectivity index (χ1v) is 25.4. The van der Waals surface area contributed by atoms with Crippen LogP contribution in [-0.2, 0) is 90.5 Å². The van der Waals surface area contributed by atoms with Gasteiger partial charge in [0, 0.05) is 65.2 Å². The van der Waals surface area contributed by atoms with Crippen molar-refractivity contribution in [3.63, 3.8) is 0 Å². The minimum atomic E-state index is -1.81. The van der Waals surface area contributed by atoms with Gasteiger partial charge in [0.15, 0.2) is 12.2 Å². The number of fused-ring (bicyclic) bond motifs is 7. The van der Waals surface area contributed by atoms with Crippen LogP contribution >= 0.6 is 0 Å². The SMILES string of the molecule is CC(=O)OC[C@H]1O[C@@H](OC(=O)[C@]23CCC(C)(C)[C@@H](OC(=O)/C=C(/C)OC(C)=O)[C@H]2C2=CC[C@H]4[C@@]5(C)C[C@H](OC(C)=O)[C@@H](OC(C)=O)C(C)(C)[C@H]5CC[C@@]4(C)[C@]2(C)CC3)[C@H](OC(C)=O)[C@@H](OC(C)=O)[C@@H]1OC(C)=O. The van der Waals surface area contributed by atoms with Crippen LogP contribution in [0.3, 0.4) is 0 Å². The van der Waals surface area contributed by atoms with Crippen molar-refractivity contribution >= 4 is 53.7 Å². The Kier molecular flexibility index (Phi) is 16.2. The second-order valence-electron chi connectivity index (χ2n) is 23.3. The largest absolute Gasteiger partial charge is 0.463 e. The Bertz CT molecular complexity index is 2310. The zero-order valence-electron chi connectivity index (χ0n) is 45.1. The molecule has 19 heteroatoms. The highest BCUT2D eigenvalue weighted by atomic mass is 16.7. The van der Waals surface area contributed by atoms with Crippen LogP contribution in [0.1, 0.15) is 155 Å². The van der Waals surface area contributed by atoms with Crippen molar-refractivity contribution in [3.05, 3.63) is 23.5 Å². The molecule has 6 aliphatic rings. The highest BCUT2D eigenvalue weighted by Gasteiger charge is 2.73. The summed E-state index contributed by atoms with van der Waals surface area (Å²) in [7, 11) is 0. The monoisotopic (exact) mass is 1030 g/mol. The van der Waals surface area contributed by atoms with Crippen LogP contribution in [0.2, 0.25) is 0 Å². The summed E-state index contributed by atoms with van der Waals surface area (Å²) in [5.74, 6) is -7.24. The Hall–Kier alpha value is -5.33. The molecule has 5 aliphatic carbocycles. The fourth-order valence-electron chi connectivity index (χ4n) is 14.7. The van der Waals surface area contributed by atoms with Crippen LogP contribution in [0.5, 0.6) is 0 Å². The summed E-state index contributed by atoms with van der Waals surface area (Å²) in [6.45, 7) is 24.1. The number of carbonyl (C=O) groups excluding carboxylic acids is 9. The second kappa shape index (κ2) is 20.8. The van der Waals surface area contributed by atoms with Gasteiger partial charge in [0.1, 0.15) is 36.8 Å². The molecule has 15 atom stereocenters. The Balaban J connectivity index is 1.50. The highest BCUT2D eigenvalue weighted by Crippen LogP contribution is 2.76. The Morgan fingerprint density at radius 3 is 1.75 bits per heavy atom. The van der Waals surface area contributed by atoms with Crippen molar-refractivity contribution in [1.82, 2.24) is 0 Å². The lowest BCUT2D eigenvalue weighted by atomic mass is 9.33. The van der Waals surface area contributed by atoms with E-state index in [9.17, 15) is 38.4 Å². The van der Waals surface area contributed by atoms with E-state index in [4.69, 9.17) is 47.4 Å². The molecule has 0 N–H and O–H groups in total. The highest BCUT2D eigenvalue weighted by molar-refractivity contribution is 5.84. The first kappa shape index (κ1) is 57.0. The van der Waals surface area contributed by atoms with Crippen LogP contribution in [0.4, 0.5) is 0 Å². The summed E-state index contributed by atoms with van der Waals surface area (Å²) in [5.41, 5.74) is -3.47. The van der Waals surface area contributed by atoms with E-state index in [2.05, 4.69) is 40.7 Å². The van der Waals surface area contributed by atoms with E-state index in [1.165, 1.54) is 27.7 Å². The van der Waals surface area contributed by atoms with Gasteiger partial charge in [0.2, 0.25) is 12.4 Å². The molecule has 0 aromatic carbocycles. The van der Waals surface area contributed by atoms with E-state index < -0.39 is 148 Å². The summed E-state index contributed by atoms with van der Waals surface area (Å²) in [6, 6.07) is 0. The second-order valence-corrected chi connectivity index (χ2v) is 23.3. The van der Waals surface area contributed by atoms with Gasteiger partial charge in [-0.05, 0) is 86.4 Å². The summed E-state index contributed by atoms with van der Waals surface area (Å²) in [5, 5.41) is 0. The molecule has 1 heterocycles. The van der Waals surface area contributed by atoms with Crippen LogP contribution in [-0.4, -0.2) is 109 Å². The molecular formula is C54H76O19. The number of hydrogen-bond donors (Lipinski definition) is 0. The predicted molar refractivity (Wildman–Crippen MR) is 254 cm³/mol. The van der Waals surface area contributed by atoms with Gasteiger partial charge < -0.3 is 47.4 Å². The third-order valence-electron chi connectivity index (χ3n) is 17.7. The van der Waals surface area contributed by atoms with Crippen LogP contribution in [0.25, 0.3) is 0 Å². The predicted octanol–water partition coefficient (Wildman–Crippen LogP) is 6.88. The van der Waals surface area contributed by atoms with Crippen LogP contribution in [0, 0.1) is 50.2 Å². The van der Waals surface area contributed by atoms with Gasteiger partial charge in [-0.2, -0.15) is 0 Å². The molecule has 19 nitrogen and oxygen atoms in total. The molecule has 1 aliphatic heterocycles. The maximum atomic E-state index is 15.8. The van der Waals surface area contributed by atoms with Crippen molar-refractivity contribution in [2.45, 2.75) is 204 Å². The molecule has 6 rings (SSSR count). The molecule has 0 spiro atoms. The van der Waals surface area contributed by atoms with Gasteiger partial charge in [-0.15, -0.1) is 0 Å². The van der Waals surface area contributed by atoms with Crippen molar-refractivity contribution < 1.29 is 90.5 Å². The number of allylic oxidation sites excluding steroid dienone is 2. The third-order valence-corrected chi connectivity index (χ3v) is 17.7. The molecule has 0 unspecified atom stereocenters. The number of rotatable bonds is 12. The van der Waals surface area contributed by atoms with Gasteiger partial charge >= 0.3 is 53.7 Å². The van der Waals surface area contributed by atoms with Crippen LogP contribution in [0.15, 0.2) is 23.5 Å². The lowest BCUT2D eigenvalue weighted by Gasteiger charge is -2.72. The summed E-state index contributed by atoms with van der Waals surface area (Å²) < 4.78 is 58.7. The van der Waals surface area contributed by atoms with Crippen molar-refractivity contribution in [2.75, 3.05) is 6.61 Å². The number of hydrogen-bond acceptors (Lipinski definition) is 19. The topological polar surface area (TPSA) is 246 Å². The summed E-state index contributed by atoms with van der Waals surface area (Å²) in [6.07, 6.45) is -3.31. The van der Waals surface area contributed by atoms with Crippen molar-refractivity contribution in [3.8, 4) is 0 Å². The molecule has 73 heavy (non-hydrogen) atoms. The van der Waals surface area contributed by atoms with Crippen LogP contribution < -0.4 is 0 Å². The number of carbonyl (C=O) groups is 9. The Morgan fingerprint density at radius 2 is 1.18 bits per heavy atom. The minimum Gasteiger partial charge on any atom is -0.463 e. The van der Waals surface area contributed by atoms with E-state index in [1.54, 1.807) is 0 Å². The molecule has 0 bridgehead atoms. The van der Waals surface area contributed by atoms with Gasteiger partial charge in [0.25, 0.3) is 0 Å². The third kappa shape index (κ3) is 10.8. The maximum Gasteiger partial charge on any atom is 0.334 e. The normalized spacial score (nSPS) is 38.0. The van der Waals surface area contributed by atoms with E-state index in [-0.39, 0.29) is 30.4 Å². The molecule has 0 amide bonds. The van der Waals surface area contributed by atoms with Crippen molar-refractivity contribution in [1.29, 1.82) is 0 Å². The Labute approximate surface area is 427 Å². The quantitative estimate of drug-likeness (QED) is 0.0636. The fourth-order valence-corrected chi connectivity index (χ4v) is 14.7. The van der Waals surface area contributed by atoms with E-state index >= 15 is 4.79 Å².